The molecule has 0 spiro atoms. The minimum Gasteiger partial charge on any atom is -0.396 e. The van der Waals surface area contributed by atoms with Gasteiger partial charge in [0.25, 0.3) is 5.92 Å². The van der Waals surface area contributed by atoms with Gasteiger partial charge in [0.1, 0.15) is 0 Å². The second-order valence-electron chi connectivity index (χ2n) is 2.49. The van der Waals surface area contributed by atoms with Crippen LogP contribution in [0.3, 0.4) is 0 Å². The van der Waals surface area contributed by atoms with Crippen molar-refractivity contribution < 1.29 is 23.8 Å². The van der Waals surface area contributed by atoms with E-state index in [4.69, 9.17) is 5.11 Å². The third kappa shape index (κ3) is 8.04. The number of nitrogens with one attached hydrogen (secondary N) is 1. The van der Waals surface area contributed by atoms with Crippen LogP contribution < -0.4 is 5.48 Å². The number of alkyl halides is 2. The van der Waals surface area contributed by atoms with E-state index < -0.39 is 12.5 Å². The van der Waals surface area contributed by atoms with E-state index in [0.29, 0.717) is 0 Å². The van der Waals surface area contributed by atoms with Crippen molar-refractivity contribution in [1.29, 1.82) is 0 Å². The summed E-state index contributed by atoms with van der Waals surface area (Å²) in [4.78, 5) is 8.55. The van der Waals surface area contributed by atoms with E-state index in [1.807, 2.05) is 5.48 Å². The summed E-state index contributed by atoms with van der Waals surface area (Å²) in [5.41, 5.74) is 1.98. The summed E-state index contributed by atoms with van der Waals surface area (Å²) in [6, 6.07) is 0. The normalized spacial score (nSPS) is 12.0. The van der Waals surface area contributed by atoms with Gasteiger partial charge in [-0.05, 0) is 13.3 Å². The highest BCUT2D eigenvalue weighted by Gasteiger charge is 2.27. The lowest BCUT2D eigenvalue weighted by Gasteiger charge is -2.15. The predicted molar refractivity (Wildman–Crippen MR) is 42.0 cm³/mol. The van der Waals surface area contributed by atoms with Crippen molar-refractivity contribution in [3.05, 3.63) is 0 Å². The molecule has 2 N–H and O–H groups in total. The number of halogens is 2. The minimum atomic E-state index is -2.88. The molecule has 0 aromatic carbocycles. The number of aliphatic hydroxyl groups is 1. The lowest BCUT2D eigenvalue weighted by Crippen LogP contribution is -2.33. The molecule has 0 bridgehead atoms. The highest BCUT2D eigenvalue weighted by molar-refractivity contribution is 4.66. The molecular weight excluding hydrogens is 184 g/mol. The van der Waals surface area contributed by atoms with Gasteiger partial charge in [-0.25, -0.2) is 13.7 Å². The monoisotopic (exact) mass is 199 g/mol. The number of hydrogen-bond donors (Lipinski definition) is 2. The fraction of sp³-hybridized carbons (Fsp3) is 1.00. The maximum Gasteiger partial charge on any atom is 0.262 e. The highest BCUT2D eigenvalue weighted by atomic mass is 19.3. The first-order valence-electron chi connectivity index (χ1n) is 4.12. The van der Waals surface area contributed by atoms with Gasteiger partial charge in [-0.2, -0.15) is 5.48 Å². The average Bonchev–Trinajstić information content (AvgIpc) is 2.09. The maximum absolute atomic E-state index is 12.7. The molecule has 13 heavy (non-hydrogen) atoms. The zero-order valence-electron chi connectivity index (χ0n) is 7.56. The Balaban J connectivity index is 3.39. The van der Waals surface area contributed by atoms with Gasteiger partial charge in [0.05, 0.1) is 13.2 Å². The van der Waals surface area contributed by atoms with Gasteiger partial charge in [-0.15, -0.1) is 4.99 Å². The largest absolute Gasteiger partial charge is 0.396 e. The Morgan fingerprint density at radius 1 is 1.46 bits per heavy atom. The van der Waals surface area contributed by atoms with Gasteiger partial charge in [-0.1, -0.05) is 0 Å². The van der Waals surface area contributed by atoms with Crippen LogP contribution in [0.15, 0.2) is 0 Å². The number of rotatable bonds is 8. The molecule has 0 saturated heterocycles. The summed E-state index contributed by atoms with van der Waals surface area (Å²) in [7, 11) is 0. The van der Waals surface area contributed by atoms with Crippen LogP contribution in [-0.4, -0.2) is 30.8 Å². The van der Waals surface area contributed by atoms with Crippen LogP contribution in [0.5, 0.6) is 0 Å². The second-order valence-corrected chi connectivity index (χ2v) is 2.49. The quantitative estimate of drug-likeness (QED) is 0.346. The Hall–Kier alpha value is -0.300. The zero-order chi connectivity index (χ0) is 10.2. The molecule has 0 aliphatic heterocycles. The molecule has 0 atom stereocenters. The van der Waals surface area contributed by atoms with Crippen molar-refractivity contribution in [3.63, 3.8) is 0 Å². The lowest BCUT2D eigenvalue weighted by atomic mass is 10.2. The molecule has 6 heteroatoms. The molecule has 80 valence electrons. The van der Waals surface area contributed by atoms with E-state index in [1.54, 1.807) is 6.92 Å². The van der Waals surface area contributed by atoms with E-state index in [9.17, 15) is 8.78 Å². The predicted octanol–water partition coefficient (Wildman–Crippen LogP) is 0.867. The van der Waals surface area contributed by atoms with Crippen LogP contribution in [0.1, 0.15) is 19.8 Å². The van der Waals surface area contributed by atoms with E-state index >= 15 is 0 Å². The van der Waals surface area contributed by atoms with Crippen molar-refractivity contribution >= 4 is 0 Å². The van der Waals surface area contributed by atoms with Gasteiger partial charge in [0, 0.05) is 13.0 Å². The van der Waals surface area contributed by atoms with Crippen molar-refractivity contribution in [2.45, 2.75) is 25.7 Å². The van der Waals surface area contributed by atoms with Gasteiger partial charge < -0.3 is 5.11 Å². The van der Waals surface area contributed by atoms with Crippen LogP contribution in [0.2, 0.25) is 0 Å². The number of hydroxylamine groups is 1. The minimum absolute atomic E-state index is 0.0727. The molecule has 0 saturated carbocycles. The molecule has 0 rings (SSSR count). The molecule has 0 amide bonds. The molecule has 0 radical (unpaired) electrons. The van der Waals surface area contributed by atoms with Crippen LogP contribution in [0.4, 0.5) is 8.78 Å². The fourth-order valence-corrected chi connectivity index (χ4v) is 0.662. The van der Waals surface area contributed by atoms with Gasteiger partial charge in [0.2, 0.25) is 0 Å². The average molecular weight is 199 g/mol. The van der Waals surface area contributed by atoms with Gasteiger partial charge in [0.15, 0.2) is 0 Å². The molecule has 0 aliphatic rings. The standard InChI is InChI=1S/C7H15F2NO3/c1-2-12-13-10-6-7(8,9)4-3-5-11/h10-11H,2-6H2,1H3. The first-order valence-corrected chi connectivity index (χ1v) is 4.12. The van der Waals surface area contributed by atoms with E-state index in [0.717, 1.165) is 0 Å². The third-order valence-corrected chi connectivity index (χ3v) is 1.27. The van der Waals surface area contributed by atoms with Crippen molar-refractivity contribution in [3.8, 4) is 0 Å². The third-order valence-electron chi connectivity index (χ3n) is 1.27. The summed E-state index contributed by atoms with van der Waals surface area (Å²) in [6.07, 6.45) is -0.296. The van der Waals surface area contributed by atoms with E-state index in [-0.39, 0.29) is 26.1 Å². The Labute approximate surface area is 75.7 Å². The Kier molecular flexibility index (Phi) is 6.97. The molecule has 0 heterocycles. The van der Waals surface area contributed by atoms with Crippen LogP contribution in [-0.2, 0) is 9.88 Å². The maximum atomic E-state index is 12.7. The molecule has 0 aromatic heterocycles. The first kappa shape index (κ1) is 12.7. The van der Waals surface area contributed by atoms with E-state index in [1.165, 1.54) is 0 Å². The SMILES string of the molecule is CCOONCC(F)(F)CCCO. The van der Waals surface area contributed by atoms with Gasteiger partial charge >= 0.3 is 0 Å². The Bertz CT molecular complexity index is 124. The smallest absolute Gasteiger partial charge is 0.262 e. The van der Waals surface area contributed by atoms with Gasteiger partial charge in [-0.3, -0.25) is 0 Å². The summed E-state index contributed by atoms with van der Waals surface area (Å²) in [5, 5.41) is 8.33. The number of aliphatic hydroxyl groups excluding tert-OH is 1. The van der Waals surface area contributed by atoms with Crippen LogP contribution in [0, 0.1) is 0 Å². The Morgan fingerprint density at radius 3 is 2.69 bits per heavy atom. The summed E-state index contributed by atoms with van der Waals surface area (Å²) in [5.74, 6) is -2.88. The Morgan fingerprint density at radius 2 is 2.15 bits per heavy atom. The molecule has 0 fully saturated rings. The lowest BCUT2D eigenvalue weighted by molar-refractivity contribution is -0.339. The van der Waals surface area contributed by atoms with E-state index in [2.05, 4.69) is 9.88 Å². The van der Waals surface area contributed by atoms with Crippen LogP contribution in [0.25, 0.3) is 0 Å². The molecule has 0 aliphatic carbocycles. The van der Waals surface area contributed by atoms with Crippen molar-refractivity contribution in [2.75, 3.05) is 19.8 Å². The highest BCUT2D eigenvalue weighted by Crippen LogP contribution is 2.18. The molecule has 4 nitrogen and oxygen atoms in total. The van der Waals surface area contributed by atoms with Crippen molar-refractivity contribution in [2.24, 2.45) is 0 Å². The summed E-state index contributed by atoms with van der Waals surface area (Å²) >= 11 is 0. The topological polar surface area (TPSA) is 50.7 Å². The fourth-order valence-electron chi connectivity index (χ4n) is 0.662. The molecule has 0 aromatic rings. The second kappa shape index (κ2) is 7.14. The van der Waals surface area contributed by atoms with Crippen molar-refractivity contribution in [1.82, 2.24) is 5.48 Å². The summed E-state index contributed by atoms with van der Waals surface area (Å²) in [6.45, 7) is 1.11. The molecule has 0 unspecified atom stereocenters. The molecular formula is C7H15F2NO3. The summed E-state index contributed by atoms with van der Waals surface area (Å²) < 4.78 is 25.5. The number of hydrogen-bond acceptors (Lipinski definition) is 4. The van der Waals surface area contributed by atoms with Crippen LogP contribution >= 0.6 is 0 Å². The zero-order valence-corrected chi connectivity index (χ0v) is 7.56. The first-order chi connectivity index (χ1) is 6.12.